The molecule has 0 spiro atoms. The standard InChI is InChI=1S/C20H14ClN3O/c21-16-9-3-1-7-14(16)20(25)23-17-10-4-2-8-15(17)18-13-24-12-6-5-11-19(24)22-18/h1-13H,(H,23,25). The van der Waals surface area contributed by atoms with Gasteiger partial charge in [-0.1, -0.05) is 48.0 Å². The maximum atomic E-state index is 12.6. The van der Waals surface area contributed by atoms with Crippen molar-refractivity contribution in [2.75, 3.05) is 5.32 Å². The summed E-state index contributed by atoms with van der Waals surface area (Å²) in [6, 6.07) is 20.4. The van der Waals surface area contributed by atoms with Crippen molar-refractivity contribution in [3.05, 3.63) is 89.7 Å². The number of carbonyl (C=O) groups excluding carboxylic acids is 1. The molecule has 4 rings (SSSR count). The molecule has 2 aromatic heterocycles. The van der Waals surface area contributed by atoms with Gasteiger partial charge in [-0.3, -0.25) is 4.79 Å². The fourth-order valence-corrected chi connectivity index (χ4v) is 2.94. The number of hydrogen-bond donors (Lipinski definition) is 1. The number of rotatable bonds is 3. The lowest BCUT2D eigenvalue weighted by atomic mass is 10.1. The normalized spacial score (nSPS) is 10.8. The van der Waals surface area contributed by atoms with Gasteiger partial charge in [-0.25, -0.2) is 4.98 Å². The summed E-state index contributed by atoms with van der Waals surface area (Å²) in [5.41, 5.74) is 3.63. The molecule has 0 atom stereocenters. The molecule has 1 amide bonds. The van der Waals surface area contributed by atoms with Crippen LogP contribution >= 0.6 is 11.6 Å². The van der Waals surface area contributed by atoms with Crippen LogP contribution in [0.5, 0.6) is 0 Å². The number of hydrogen-bond acceptors (Lipinski definition) is 2. The van der Waals surface area contributed by atoms with Crippen molar-refractivity contribution in [2.24, 2.45) is 0 Å². The van der Waals surface area contributed by atoms with E-state index in [1.165, 1.54) is 0 Å². The molecule has 0 radical (unpaired) electrons. The average molecular weight is 348 g/mol. The van der Waals surface area contributed by atoms with Crippen LogP contribution < -0.4 is 5.32 Å². The number of anilines is 1. The Morgan fingerprint density at radius 2 is 1.72 bits per heavy atom. The van der Waals surface area contributed by atoms with E-state index >= 15 is 0 Å². The third kappa shape index (κ3) is 2.99. The van der Waals surface area contributed by atoms with Gasteiger partial charge in [0.25, 0.3) is 5.91 Å². The summed E-state index contributed by atoms with van der Waals surface area (Å²) < 4.78 is 1.95. The summed E-state index contributed by atoms with van der Waals surface area (Å²) in [6.07, 6.45) is 3.88. The number of amides is 1. The van der Waals surface area contributed by atoms with Crippen molar-refractivity contribution in [2.45, 2.75) is 0 Å². The number of nitrogens with zero attached hydrogens (tertiary/aromatic N) is 2. The minimum Gasteiger partial charge on any atom is -0.321 e. The molecule has 5 heteroatoms. The van der Waals surface area contributed by atoms with E-state index in [0.717, 1.165) is 16.9 Å². The second-order valence-corrected chi connectivity index (χ2v) is 5.98. The minimum atomic E-state index is -0.248. The second kappa shape index (κ2) is 6.42. The number of benzene rings is 2. The van der Waals surface area contributed by atoms with E-state index in [-0.39, 0.29) is 5.91 Å². The van der Waals surface area contributed by atoms with Crippen molar-refractivity contribution in [3.8, 4) is 11.3 Å². The van der Waals surface area contributed by atoms with Crippen LogP contribution in [0, 0.1) is 0 Å². The van der Waals surface area contributed by atoms with Crippen LogP contribution in [0.15, 0.2) is 79.1 Å². The van der Waals surface area contributed by atoms with Crippen LogP contribution in [0.4, 0.5) is 5.69 Å². The first-order valence-electron chi connectivity index (χ1n) is 7.81. The van der Waals surface area contributed by atoms with Gasteiger partial charge in [0.2, 0.25) is 0 Å². The van der Waals surface area contributed by atoms with Crippen LogP contribution in [-0.4, -0.2) is 15.3 Å². The summed E-state index contributed by atoms with van der Waals surface area (Å²) in [7, 11) is 0. The van der Waals surface area contributed by atoms with Crippen LogP contribution in [0.2, 0.25) is 5.02 Å². The van der Waals surface area contributed by atoms with Gasteiger partial charge < -0.3 is 9.72 Å². The van der Waals surface area contributed by atoms with E-state index < -0.39 is 0 Å². The Labute approximate surface area is 149 Å². The lowest BCUT2D eigenvalue weighted by Gasteiger charge is -2.10. The molecule has 0 aliphatic carbocycles. The predicted molar refractivity (Wildman–Crippen MR) is 100 cm³/mol. The van der Waals surface area contributed by atoms with Gasteiger partial charge in [-0.2, -0.15) is 0 Å². The Bertz CT molecular complexity index is 1040. The molecule has 0 saturated carbocycles. The predicted octanol–water partition coefficient (Wildman–Crippen LogP) is 4.91. The quantitative estimate of drug-likeness (QED) is 0.572. The van der Waals surface area contributed by atoms with E-state index in [4.69, 9.17) is 11.6 Å². The summed E-state index contributed by atoms with van der Waals surface area (Å²) in [4.78, 5) is 17.2. The molecule has 0 fully saturated rings. The maximum absolute atomic E-state index is 12.6. The summed E-state index contributed by atoms with van der Waals surface area (Å²) in [5, 5.41) is 3.36. The van der Waals surface area contributed by atoms with E-state index in [2.05, 4.69) is 10.3 Å². The van der Waals surface area contributed by atoms with Crippen LogP contribution in [0.1, 0.15) is 10.4 Å². The Morgan fingerprint density at radius 1 is 0.960 bits per heavy atom. The highest BCUT2D eigenvalue weighted by atomic mass is 35.5. The topological polar surface area (TPSA) is 46.4 Å². The summed E-state index contributed by atoms with van der Waals surface area (Å²) in [6.45, 7) is 0. The third-order valence-corrected chi connectivity index (χ3v) is 4.26. The first-order valence-corrected chi connectivity index (χ1v) is 8.19. The molecule has 4 aromatic rings. The van der Waals surface area contributed by atoms with Gasteiger partial charge >= 0.3 is 0 Å². The Kier molecular flexibility index (Phi) is 3.96. The molecule has 25 heavy (non-hydrogen) atoms. The zero-order valence-corrected chi connectivity index (χ0v) is 13.9. The highest BCUT2D eigenvalue weighted by molar-refractivity contribution is 6.34. The third-order valence-electron chi connectivity index (χ3n) is 3.93. The minimum absolute atomic E-state index is 0.248. The zero-order chi connectivity index (χ0) is 17.2. The monoisotopic (exact) mass is 347 g/mol. The van der Waals surface area contributed by atoms with E-state index in [0.29, 0.717) is 16.3 Å². The molecule has 2 heterocycles. The molecule has 4 nitrogen and oxygen atoms in total. The molecule has 1 N–H and O–H groups in total. The van der Waals surface area contributed by atoms with E-state index in [9.17, 15) is 4.79 Å². The van der Waals surface area contributed by atoms with Crippen molar-refractivity contribution >= 4 is 28.8 Å². The number of fused-ring (bicyclic) bond motifs is 1. The molecule has 122 valence electrons. The van der Waals surface area contributed by atoms with Gasteiger partial charge in [0.05, 0.1) is 22.0 Å². The number of aromatic nitrogens is 2. The van der Waals surface area contributed by atoms with E-state index in [1.54, 1.807) is 24.3 Å². The van der Waals surface area contributed by atoms with Crippen LogP contribution in [0.3, 0.4) is 0 Å². The number of para-hydroxylation sites is 1. The van der Waals surface area contributed by atoms with Gasteiger partial charge in [0.1, 0.15) is 5.65 Å². The fraction of sp³-hybridized carbons (Fsp3) is 0. The molecule has 0 aliphatic rings. The van der Waals surface area contributed by atoms with Gasteiger partial charge in [-0.05, 0) is 30.3 Å². The molecule has 0 aliphatic heterocycles. The lowest BCUT2D eigenvalue weighted by molar-refractivity contribution is 0.102. The molecular formula is C20H14ClN3O. The SMILES string of the molecule is O=C(Nc1ccccc1-c1cn2ccccc2n1)c1ccccc1Cl. The molecular weight excluding hydrogens is 334 g/mol. The fourth-order valence-electron chi connectivity index (χ4n) is 2.71. The molecule has 0 unspecified atom stereocenters. The first kappa shape index (κ1) is 15.4. The Balaban J connectivity index is 1.72. The number of pyridine rings is 1. The number of nitrogens with one attached hydrogen (secondary N) is 1. The maximum Gasteiger partial charge on any atom is 0.257 e. The number of imidazole rings is 1. The largest absolute Gasteiger partial charge is 0.321 e. The summed E-state index contributed by atoms with van der Waals surface area (Å²) >= 11 is 6.12. The van der Waals surface area contributed by atoms with Gasteiger partial charge in [-0.15, -0.1) is 0 Å². The van der Waals surface area contributed by atoms with Gasteiger partial charge in [0, 0.05) is 18.0 Å². The first-order chi connectivity index (χ1) is 12.2. The lowest BCUT2D eigenvalue weighted by Crippen LogP contribution is -2.13. The molecule has 0 bridgehead atoms. The number of carbonyl (C=O) groups is 1. The van der Waals surface area contributed by atoms with Crippen molar-refractivity contribution in [1.29, 1.82) is 0 Å². The van der Waals surface area contributed by atoms with Crippen molar-refractivity contribution in [1.82, 2.24) is 9.38 Å². The number of halogens is 1. The second-order valence-electron chi connectivity index (χ2n) is 5.57. The smallest absolute Gasteiger partial charge is 0.257 e. The molecule has 0 saturated heterocycles. The van der Waals surface area contributed by atoms with E-state index in [1.807, 2.05) is 59.3 Å². The highest BCUT2D eigenvalue weighted by Gasteiger charge is 2.14. The van der Waals surface area contributed by atoms with Crippen molar-refractivity contribution in [3.63, 3.8) is 0 Å². The molecule has 2 aromatic carbocycles. The Hall–Kier alpha value is -3.11. The Morgan fingerprint density at radius 3 is 2.56 bits per heavy atom. The average Bonchev–Trinajstić information content (AvgIpc) is 3.06. The van der Waals surface area contributed by atoms with Gasteiger partial charge in [0.15, 0.2) is 0 Å². The zero-order valence-electron chi connectivity index (χ0n) is 13.2. The van der Waals surface area contributed by atoms with Crippen molar-refractivity contribution < 1.29 is 4.79 Å². The highest BCUT2D eigenvalue weighted by Crippen LogP contribution is 2.28. The van der Waals surface area contributed by atoms with Crippen LogP contribution in [-0.2, 0) is 0 Å². The van der Waals surface area contributed by atoms with Crippen LogP contribution in [0.25, 0.3) is 16.9 Å². The summed E-state index contributed by atoms with van der Waals surface area (Å²) in [5.74, 6) is -0.248.